The fourth-order valence-corrected chi connectivity index (χ4v) is 5.01. The van der Waals surface area contributed by atoms with Crippen molar-refractivity contribution >= 4 is 39.4 Å². The molecule has 9 nitrogen and oxygen atoms in total. The maximum atomic E-state index is 13.2. The molecular formula is C24H21ClN6O3S. The zero-order chi connectivity index (χ0) is 24.8. The minimum absolute atomic E-state index is 0.0517. The van der Waals surface area contributed by atoms with E-state index in [0.29, 0.717) is 5.56 Å². The van der Waals surface area contributed by atoms with E-state index in [2.05, 4.69) is 20.6 Å². The van der Waals surface area contributed by atoms with E-state index in [9.17, 15) is 13.2 Å². The van der Waals surface area contributed by atoms with Crippen molar-refractivity contribution in [3.63, 3.8) is 0 Å². The molecule has 2 heterocycles. The molecule has 35 heavy (non-hydrogen) atoms. The van der Waals surface area contributed by atoms with Crippen LogP contribution >= 0.6 is 11.6 Å². The number of halogens is 1. The number of para-hydroxylation sites is 1. The summed E-state index contributed by atoms with van der Waals surface area (Å²) < 4.78 is 29.1. The Hall–Kier alpha value is -4.02. The molecule has 1 N–H and O–H groups in total. The number of hydrogen-bond donors (Lipinski definition) is 1. The lowest BCUT2D eigenvalue weighted by Gasteiger charge is -2.23. The number of hydrazone groups is 1. The summed E-state index contributed by atoms with van der Waals surface area (Å²) in [6.07, 6.45) is 4.27. The van der Waals surface area contributed by atoms with Crippen LogP contribution in [0.4, 0.5) is 5.69 Å². The summed E-state index contributed by atoms with van der Waals surface area (Å²) in [5.41, 5.74) is 4.69. The predicted molar refractivity (Wildman–Crippen MR) is 134 cm³/mol. The normalized spacial score (nSPS) is 11.5. The van der Waals surface area contributed by atoms with Gasteiger partial charge in [-0.2, -0.15) is 10.2 Å². The van der Waals surface area contributed by atoms with E-state index in [1.54, 1.807) is 35.0 Å². The number of nitrogens with one attached hydrogen (secondary N) is 1. The van der Waals surface area contributed by atoms with Gasteiger partial charge in [0.05, 0.1) is 39.9 Å². The monoisotopic (exact) mass is 508 g/mol. The Kier molecular flexibility index (Phi) is 7.23. The van der Waals surface area contributed by atoms with Crippen LogP contribution in [0, 0.1) is 6.92 Å². The highest BCUT2D eigenvalue weighted by atomic mass is 35.5. The third kappa shape index (κ3) is 5.39. The van der Waals surface area contributed by atoms with Crippen LogP contribution in [-0.2, 0) is 14.8 Å². The molecule has 0 atom stereocenters. The number of carbonyl (C=O) groups is 1. The lowest BCUT2D eigenvalue weighted by molar-refractivity contribution is -0.119. The third-order valence-corrected chi connectivity index (χ3v) is 7.12. The standard InChI is InChI=1S/C24H21ClN6O3S/c1-18-22(24(25)29-31(18)19-9-4-2-5-10-19)16-27-28-23(32)17-30(20-11-8-14-26-15-20)35(33,34)21-12-6-3-7-13-21/h2-16H,17H2,1H3,(H,28,32)/b27-16-. The SMILES string of the molecule is Cc1c(/C=N\NC(=O)CN(c2cccnc2)S(=O)(=O)c2ccccc2)c(Cl)nn1-c1ccccc1. The van der Waals surface area contributed by atoms with Crippen LogP contribution in [-0.4, -0.2) is 41.8 Å². The van der Waals surface area contributed by atoms with E-state index < -0.39 is 22.5 Å². The molecule has 0 bridgehead atoms. The lowest BCUT2D eigenvalue weighted by atomic mass is 10.2. The van der Waals surface area contributed by atoms with E-state index in [0.717, 1.165) is 15.7 Å². The molecular weight excluding hydrogens is 488 g/mol. The highest BCUT2D eigenvalue weighted by molar-refractivity contribution is 7.92. The highest BCUT2D eigenvalue weighted by Gasteiger charge is 2.27. The Bertz CT molecular complexity index is 1440. The molecule has 0 fully saturated rings. The van der Waals surface area contributed by atoms with Gasteiger partial charge in [-0.3, -0.25) is 14.1 Å². The van der Waals surface area contributed by atoms with Gasteiger partial charge in [0.2, 0.25) is 0 Å². The second-order valence-corrected chi connectivity index (χ2v) is 9.59. The van der Waals surface area contributed by atoms with Crippen LogP contribution in [0.25, 0.3) is 5.69 Å². The summed E-state index contributed by atoms with van der Waals surface area (Å²) in [4.78, 5) is 16.7. The molecule has 0 saturated heterocycles. The molecule has 0 aliphatic heterocycles. The first kappa shape index (κ1) is 24.1. The van der Waals surface area contributed by atoms with Gasteiger partial charge in [0.25, 0.3) is 15.9 Å². The van der Waals surface area contributed by atoms with Crippen molar-refractivity contribution in [2.24, 2.45) is 5.10 Å². The van der Waals surface area contributed by atoms with Crippen LogP contribution in [0.2, 0.25) is 5.15 Å². The fraction of sp³-hybridized carbons (Fsp3) is 0.0833. The molecule has 4 aromatic rings. The lowest BCUT2D eigenvalue weighted by Crippen LogP contribution is -2.39. The summed E-state index contributed by atoms with van der Waals surface area (Å²) >= 11 is 6.28. The average molecular weight is 509 g/mol. The highest BCUT2D eigenvalue weighted by Crippen LogP contribution is 2.23. The Morgan fingerprint density at radius 1 is 1.09 bits per heavy atom. The second kappa shape index (κ2) is 10.5. The van der Waals surface area contributed by atoms with Crippen molar-refractivity contribution in [1.29, 1.82) is 0 Å². The van der Waals surface area contributed by atoms with Crippen molar-refractivity contribution in [3.05, 3.63) is 102 Å². The molecule has 0 aliphatic carbocycles. The Morgan fingerprint density at radius 3 is 2.43 bits per heavy atom. The Morgan fingerprint density at radius 2 is 1.77 bits per heavy atom. The van der Waals surface area contributed by atoms with Gasteiger partial charge in [-0.25, -0.2) is 18.5 Å². The molecule has 178 valence electrons. The molecule has 2 aromatic carbocycles. The number of amides is 1. The van der Waals surface area contributed by atoms with Crippen molar-refractivity contribution in [3.8, 4) is 5.69 Å². The van der Waals surface area contributed by atoms with Gasteiger partial charge < -0.3 is 0 Å². The zero-order valence-electron chi connectivity index (χ0n) is 18.6. The third-order valence-electron chi connectivity index (χ3n) is 5.05. The van der Waals surface area contributed by atoms with Crippen LogP contribution in [0.5, 0.6) is 0 Å². The Labute approximate surface area is 207 Å². The topological polar surface area (TPSA) is 110 Å². The number of anilines is 1. The Balaban J connectivity index is 1.53. The summed E-state index contributed by atoms with van der Waals surface area (Å²) in [7, 11) is -4.02. The maximum Gasteiger partial charge on any atom is 0.264 e. The van der Waals surface area contributed by atoms with E-state index in [4.69, 9.17) is 11.6 Å². The number of hydrogen-bond acceptors (Lipinski definition) is 6. The van der Waals surface area contributed by atoms with E-state index in [1.807, 2.05) is 37.3 Å². The summed E-state index contributed by atoms with van der Waals surface area (Å²) in [5.74, 6) is -0.645. The molecule has 4 rings (SSSR count). The van der Waals surface area contributed by atoms with Gasteiger partial charge in [0.1, 0.15) is 6.54 Å². The van der Waals surface area contributed by atoms with Crippen LogP contribution in [0.1, 0.15) is 11.3 Å². The van der Waals surface area contributed by atoms with Crippen molar-refractivity contribution in [2.45, 2.75) is 11.8 Å². The van der Waals surface area contributed by atoms with E-state index in [1.165, 1.54) is 30.7 Å². The van der Waals surface area contributed by atoms with Crippen molar-refractivity contribution < 1.29 is 13.2 Å². The first-order valence-corrected chi connectivity index (χ1v) is 12.3. The van der Waals surface area contributed by atoms with Gasteiger partial charge in [0.15, 0.2) is 5.15 Å². The molecule has 2 aromatic heterocycles. The molecule has 0 saturated carbocycles. The van der Waals surface area contributed by atoms with Crippen LogP contribution < -0.4 is 9.73 Å². The fourth-order valence-electron chi connectivity index (χ4n) is 3.32. The van der Waals surface area contributed by atoms with Gasteiger partial charge in [-0.1, -0.05) is 48.0 Å². The zero-order valence-corrected chi connectivity index (χ0v) is 20.2. The van der Waals surface area contributed by atoms with Gasteiger partial charge in [-0.05, 0) is 43.3 Å². The smallest absolute Gasteiger partial charge is 0.264 e. The van der Waals surface area contributed by atoms with Crippen molar-refractivity contribution in [2.75, 3.05) is 10.8 Å². The number of benzene rings is 2. The molecule has 11 heteroatoms. The first-order chi connectivity index (χ1) is 16.9. The number of nitrogens with zero attached hydrogens (tertiary/aromatic N) is 5. The molecule has 0 spiro atoms. The summed E-state index contributed by atoms with van der Waals surface area (Å²) in [6, 6.07) is 20.5. The minimum atomic E-state index is -4.02. The molecule has 0 unspecified atom stereocenters. The molecule has 1 amide bonds. The predicted octanol–water partition coefficient (Wildman–Crippen LogP) is 3.57. The number of rotatable bonds is 8. The number of pyridine rings is 1. The average Bonchev–Trinajstić information content (AvgIpc) is 3.17. The first-order valence-electron chi connectivity index (χ1n) is 10.5. The number of carbonyl (C=O) groups excluding carboxylic acids is 1. The number of aromatic nitrogens is 3. The van der Waals surface area contributed by atoms with Gasteiger partial charge in [0, 0.05) is 6.20 Å². The number of sulfonamides is 1. The molecule has 0 aliphatic rings. The second-order valence-electron chi connectivity index (χ2n) is 7.37. The van der Waals surface area contributed by atoms with E-state index in [-0.39, 0.29) is 15.7 Å². The van der Waals surface area contributed by atoms with Crippen LogP contribution in [0.15, 0.2) is 95.2 Å². The van der Waals surface area contributed by atoms with Gasteiger partial charge in [-0.15, -0.1) is 0 Å². The van der Waals surface area contributed by atoms with E-state index >= 15 is 0 Å². The van der Waals surface area contributed by atoms with Crippen molar-refractivity contribution in [1.82, 2.24) is 20.2 Å². The quantitative estimate of drug-likeness (QED) is 0.289. The maximum absolute atomic E-state index is 13.2. The largest absolute Gasteiger partial charge is 0.271 e. The van der Waals surface area contributed by atoms with Crippen LogP contribution in [0.3, 0.4) is 0 Å². The minimum Gasteiger partial charge on any atom is -0.271 e. The summed E-state index contributed by atoms with van der Waals surface area (Å²) in [6.45, 7) is 1.32. The summed E-state index contributed by atoms with van der Waals surface area (Å²) in [5, 5.41) is 8.50. The molecule has 0 radical (unpaired) electrons. The van der Waals surface area contributed by atoms with Gasteiger partial charge >= 0.3 is 0 Å².